The molecule has 1 aliphatic carbocycles. The number of nitrogens with one attached hydrogen (secondary N) is 2. The molecule has 2 heterocycles. The number of hydrogen-bond acceptors (Lipinski definition) is 11. The number of carbonyl (C=O) groups excluding carboxylic acids is 5. The van der Waals surface area contributed by atoms with Crippen molar-refractivity contribution in [2.24, 2.45) is 5.92 Å². The van der Waals surface area contributed by atoms with Crippen molar-refractivity contribution in [1.29, 1.82) is 0 Å². The van der Waals surface area contributed by atoms with Crippen LogP contribution in [-0.4, -0.2) is 77.6 Å². The fourth-order valence-electron chi connectivity index (χ4n) is 6.09. The van der Waals surface area contributed by atoms with Crippen molar-refractivity contribution in [2.45, 2.75) is 58.8 Å². The normalized spacial score (nSPS) is 14.4. The van der Waals surface area contributed by atoms with Crippen molar-refractivity contribution in [3.63, 3.8) is 0 Å². The topological polar surface area (TPSA) is 183 Å². The van der Waals surface area contributed by atoms with E-state index in [0.717, 1.165) is 18.8 Å². The number of amides is 2. The average Bonchev–Trinajstić information content (AvgIpc) is 3.61. The number of esters is 1. The zero-order valence-corrected chi connectivity index (χ0v) is 29.0. The Kier molecular flexibility index (Phi) is 12.1. The Bertz CT molecular complexity index is 2000. The molecular formula is C37H42N6O8. The van der Waals surface area contributed by atoms with Crippen LogP contribution in [0.1, 0.15) is 89.1 Å². The van der Waals surface area contributed by atoms with Gasteiger partial charge in [0, 0.05) is 61.2 Å². The summed E-state index contributed by atoms with van der Waals surface area (Å²) in [6.45, 7) is 6.27. The highest BCUT2D eigenvalue weighted by Crippen LogP contribution is 2.24. The summed E-state index contributed by atoms with van der Waals surface area (Å²) in [5, 5.41) is 14.6. The number of fused-ring (bicyclic) bond motifs is 1. The number of nitrogens with zero attached hydrogens (tertiary/aromatic N) is 4. The highest BCUT2D eigenvalue weighted by atomic mass is 16.5. The lowest BCUT2D eigenvalue weighted by atomic mass is 9.84. The zero-order chi connectivity index (χ0) is 36.5. The van der Waals surface area contributed by atoms with Crippen molar-refractivity contribution in [1.82, 2.24) is 25.6 Å². The lowest BCUT2D eigenvalue weighted by Crippen LogP contribution is -2.30. The summed E-state index contributed by atoms with van der Waals surface area (Å²) in [4.78, 5) is 76.8. The Labute approximate surface area is 294 Å². The number of ether oxygens (including phenoxy) is 1. The number of hydrogen-bond donors (Lipinski definition) is 2. The largest absolute Gasteiger partial charge is 0.465 e. The maximum atomic E-state index is 13.1. The van der Waals surface area contributed by atoms with E-state index in [1.807, 2.05) is 26.0 Å². The molecule has 0 spiro atoms. The molecule has 2 aromatic carbocycles. The van der Waals surface area contributed by atoms with Gasteiger partial charge in [-0.1, -0.05) is 5.21 Å². The molecule has 1 atom stereocenters. The highest BCUT2D eigenvalue weighted by Gasteiger charge is 2.27. The maximum Gasteiger partial charge on any atom is 0.349 e. The van der Waals surface area contributed by atoms with Gasteiger partial charge in [0.1, 0.15) is 22.7 Å². The molecule has 268 valence electrons. The van der Waals surface area contributed by atoms with E-state index in [-0.39, 0.29) is 47.1 Å². The molecule has 2 aromatic heterocycles. The molecule has 1 aliphatic rings. The molecule has 1 unspecified atom stereocenters. The van der Waals surface area contributed by atoms with E-state index in [2.05, 4.69) is 25.8 Å². The van der Waals surface area contributed by atoms with Crippen LogP contribution in [0.15, 0.2) is 57.9 Å². The molecule has 51 heavy (non-hydrogen) atoms. The first-order chi connectivity index (χ1) is 24.6. The first-order valence-electron chi connectivity index (χ1n) is 17.2. The molecule has 1 fully saturated rings. The number of unbranched alkanes of at least 4 members (excludes halogenated alkanes) is 1. The molecule has 14 nitrogen and oxygen atoms in total. The molecule has 2 N–H and O–H groups in total. The van der Waals surface area contributed by atoms with Gasteiger partial charge in [0.15, 0.2) is 0 Å². The Morgan fingerprint density at radius 2 is 1.69 bits per heavy atom. The third kappa shape index (κ3) is 9.12. The predicted octanol–water partition coefficient (Wildman–Crippen LogP) is 3.82. The minimum Gasteiger partial charge on any atom is -0.465 e. The summed E-state index contributed by atoms with van der Waals surface area (Å²) in [6, 6.07) is 11.6. The Morgan fingerprint density at radius 3 is 2.39 bits per heavy atom. The zero-order valence-electron chi connectivity index (χ0n) is 29.0. The minimum absolute atomic E-state index is 0.0101. The van der Waals surface area contributed by atoms with Gasteiger partial charge in [-0.05, 0) is 82.3 Å². The number of aromatic nitrogens is 3. The van der Waals surface area contributed by atoms with Crippen molar-refractivity contribution in [3.05, 3.63) is 81.5 Å². The smallest absolute Gasteiger partial charge is 0.349 e. The summed E-state index contributed by atoms with van der Waals surface area (Å²) in [5.74, 6) is -1.82. The number of carbonyl (C=O) groups is 5. The third-order valence-electron chi connectivity index (χ3n) is 9.02. The van der Waals surface area contributed by atoms with Crippen LogP contribution in [0, 0.1) is 5.92 Å². The van der Waals surface area contributed by atoms with Crippen molar-refractivity contribution in [3.8, 4) is 5.69 Å². The van der Waals surface area contributed by atoms with Gasteiger partial charge >= 0.3 is 11.6 Å². The van der Waals surface area contributed by atoms with Crippen LogP contribution in [0.4, 0.5) is 5.69 Å². The highest BCUT2D eigenvalue weighted by molar-refractivity contribution is 6.02. The van der Waals surface area contributed by atoms with E-state index in [9.17, 15) is 28.8 Å². The van der Waals surface area contributed by atoms with Crippen LogP contribution >= 0.6 is 0 Å². The van der Waals surface area contributed by atoms with E-state index < -0.39 is 23.4 Å². The van der Waals surface area contributed by atoms with Crippen molar-refractivity contribution < 1.29 is 33.1 Å². The number of anilines is 1. The quantitative estimate of drug-likeness (QED) is 0.0797. The molecule has 0 bridgehead atoms. The van der Waals surface area contributed by atoms with Gasteiger partial charge in [-0.25, -0.2) is 14.3 Å². The van der Waals surface area contributed by atoms with Gasteiger partial charge in [0.05, 0.1) is 36.7 Å². The molecule has 4 aromatic rings. The summed E-state index contributed by atoms with van der Waals surface area (Å²) in [5.41, 5.74) is 1.97. The number of Topliss-reactive ketones (excluding diaryl/α,β-unsaturated/α-hetero) is 2. The number of rotatable bonds is 15. The van der Waals surface area contributed by atoms with Gasteiger partial charge in [-0.2, -0.15) is 0 Å². The Balaban J connectivity index is 1.13. The molecule has 5 rings (SSSR count). The molecular weight excluding hydrogens is 656 g/mol. The van der Waals surface area contributed by atoms with Crippen LogP contribution in [0.5, 0.6) is 0 Å². The molecule has 2 amide bonds. The predicted molar refractivity (Wildman–Crippen MR) is 188 cm³/mol. The number of methoxy groups -OCH3 is 1. The van der Waals surface area contributed by atoms with E-state index in [1.165, 1.54) is 23.9 Å². The van der Waals surface area contributed by atoms with E-state index in [1.54, 1.807) is 24.4 Å². The fourth-order valence-corrected chi connectivity index (χ4v) is 6.09. The van der Waals surface area contributed by atoms with Gasteiger partial charge in [0.25, 0.3) is 11.8 Å². The van der Waals surface area contributed by atoms with Crippen molar-refractivity contribution >= 4 is 46.0 Å². The fraction of sp³-hybridized carbons (Fsp3) is 0.405. The lowest BCUT2D eigenvalue weighted by molar-refractivity contribution is -0.132. The van der Waals surface area contributed by atoms with Crippen LogP contribution in [0.2, 0.25) is 0 Å². The van der Waals surface area contributed by atoms with Crippen LogP contribution in [0.3, 0.4) is 0 Å². The van der Waals surface area contributed by atoms with E-state index in [4.69, 9.17) is 9.15 Å². The van der Waals surface area contributed by atoms with E-state index in [0.29, 0.717) is 67.4 Å². The van der Waals surface area contributed by atoms with Crippen LogP contribution in [-0.2, 0) is 20.7 Å². The maximum absolute atomic E-state index is 13.1. The second kappa shape index (κ2) is 16.8. The Hall–Kier alpha value is -5.66. The summed E-state index contributed by atoms with van der Waals surface area (Å²) in [6.07, 6.45) is 4.72. The SMILES string of the molecule is CCN(CC)c1ccc2cc(C(=O)NCCCCNC(=O)c3cc(C(=O)OC)cc(-n4cc(CCC5CCC(=O)CC5=O)nn4)c3)c(=O)oc2c1. The molecule has 0 saturated heterocycles. The summed E-state index contributed by atoms with van der Waals surface area (Å²) in [7, 11) is 1.25. The summed E-state index contributed by atoms with van der Waals surface area (Å²) < 4.78 is 11.8. The van der Waals surface area contributed by atoms with Crippen molar-refractivity contribution in [2.75, 3.05) is 38.2 Å². The minimum atomic E-state index is -0.714. The standard InChI is InChI=1S/C37H42N6O8/c1-4-42(5-2)28-12-9-24-19-31(37(49)51-33(24)20-28)35(47)39-15-7-6-14-38-34(46)25-16-26(36(48)50-3)18-29(17-25)43-22-27(40-41-43)11-8-23-10-13-30(44)21-32(23)45/h9,12,16-20,22-23H,4-8,10-11,13-15,21H2,1-3H3,(H,38,46)(H,39,47). The molecule has 0 radical (unpaired) electrons. The number of aryl methyl sites for hydroxylation is 1. The first kappa shape index (κ1) is 36.6. The number of ketones is 2. The second-order valence-electron chi connectivity index (χ2n) is 12.4. The molecule has 0 aliphatic heterocycles. The monoisotopic (exact) mass is 698 g/mol. The first-order valence-corrected chi connectivity index (χ1v) is 17.2. The molecule has 14 heteroatoms. The van der Waals surface area contributed by atoms with Gasteiger partial charge in [-0.3, -0.25) is 19.2 Å². The second-order valence-corrected chi connectivity index (χ2v) is 12.4. The average molecular weight is 699 g/mol. The van der Waals surface area contributed by atoms with Crippen LogP contribution < -0.4 is 21.2 Å². The lowest BCUT2D eigenvalue weighted by Gasteiger charge is -2.21. The summed E-state index contributed by atoms with van der Waals surface area (Å²) >= 11 is 0. The molecule has 1 saturated carbocycles. The van der Waals surface area contributed by atoms with Crippen LogP contribution in [0.25, 0.3) is 16.7 Å². The van der Waals surface area contributed by atoms with E-state index >= 15 is 0 Å². The third-order valence-corrected chi connectivity index (χ3v) is 9.02. The van der Waals surface area contributed by atoms with Gasteiger partial charge in [-0.15, -0.1) is 5.10 Å². The number of benzene rings is 2. The van der Waals surface area contributed by atoms with Gasteiger partial charge < -0.3 is 24.7 Å². The Morgan fingerprint density at radius 1 is 0.961 bits per heavy atom. The van der Waals surface area contributed by atoms with Gasteiger partial charge in [0.2, 0.25) is 0 Å².